The van der Waals surface area contributed by atoms with Crippen molar-refractivity contribution >= 4 is 17.7 Å². The zero-order valence-corrected chi connectivity index (χ0v) is 10.9. The second-order valence-corrected chi connectivity index (χ2v) is 4.24. The molecule has 0 aliphatic rings. The van der Waals surface area contributed by atoms with E-state index >= 15 is 0 Å². The molecule has 1 aromatic rings. The predicted octanol–water partition coefficient (Wildman–Crippen LogP) is 2.51. The summed E-state index contributed by atoms with van der Waals surface area (Å²) in [5.74, 6) is -1.56. The van der Waals surface area contributed by atoms with Crippen molar-refractivity contribution in [2.24, 2.45) is 0 Å². The minimum absolute atomic E-state index is 0.318. The molecule has 6 heteroatoms. The van der Waals surface area contributed by atoms with Crippen molar-refractivity contribution in [3.63, 3.8) is 0 Å². The van der Waals surface area contributed by atoms with Crippen LogP contribution in [0.1, 0.15) is 25.3 Å². The number of hydrogen-bond donors (Lipinski definition) is 3. The van der Waals surface area contributed by atoms with Crippen LogP contribution >= 0.6 is 0 Å². The number of halogens is 1. The van der Waals surface area contributed by atoms with Crippen LogP contribution in [0.3, 0.4) is 0 Å². The van der Waals surface area contributed by atoms with E-state index < -0.39 is 23.9 Å². The molecule has 0 spiro atoms. The van der Waals surface area contributed by atoms with E-state index in [9.17, 15) is 14.0 Å². The topological polar surface area (TPSA) is 78.4 Å². The van der Waals surface area contributed by atoms with Gasteiger partial charge in [0.05, 0.1) is 0 Å². The second kappa shape index (κ2) is 6.72. The highest BCUT2D eigenvalue weighted by Crippen LogP contribution is 2.15. The molecule has 0 aliphatic carbocycles. The molecule has 0 heterocycles. The van der Waals surface area contributed by atoms with Gasteiger partial charge in [-0.05, 0) is 31.0 Å². The van der Waals surface area contributed by atoms with Crippen LogP contribution in [0.5, 0.6) is 0 Å². The average Bonchev–Trinajstić information content (AvgIpc) is 2.33. The minimum atomic E-state index is -1.09. The molecule has 1 rings (SSSR count). The Morgan fingerprint density at radius 3 is 2.68 bits per heavy atom. The fraction of sp³-hybridized carbons (Fsp3) is 0.385. The summed E-state index contributed by atoms with van der Waals surface area (Å²) >= 11 is 0. The fourth-order valence-corrected chi connectivity index (χ4v) is 1.59. The number of aliphatic carboxylic acids is 1. The lowest BCUT2D eigenvalue weighted by atomic mass is 10.1. The first-order valence-corrected chi connectivity index (χ1v) is 6.00. The number of carbonyl (C=O) groups excluding carboxylic acids is 1. The molecule has 0 bridgehead atoms. The van der Waals surface area contributed by atoms with Gasteiger partial charge in [0, 0.05) is 5.69 Å². The van der Waals surface area contributed by atoms with Gasteiger partial charge in [0.2, 0.25) is 0 Å². The zero-order valence-electron chi connectivity index (χ0n) is 10.9. The molecule has 0 saturated heterocycles. The van der Waals surface area contributed by atoms with Crippen molar-refractivity contribution < 1.29 is 19.1 Å². The van der Waals surface area contributed by atoms with E-state index in [-0.39, 0.29) is 0 Å². The normalized spacial score (nSPS) is 11.7. The van der Waals surface area contributed by atoms with E-state index in [0.717, 1.165) is 0 Å². The summed E-state index contributed by atoms with van der Waals surface area (Å²) in [4.78, 5) is 22.6. The van der Waals surface area contributed by atoms with Crippen molar-refractivity contribution in [1.29, 1.82) is 0 Å². The number of carboxylic acids is 1. The molecule has 0 aromatic heterocycles. The molecule has 0 fully saturated rings. The Morgan fingerprint density at radius 1 is 1.42 bits per heavy atom. The zero-order chi connectivity index (χ0) is 14.4. The highest BCUT2D eigenvalue weighted by molar-refractivity contribution is 5.92. The number of amides is 2. The van der Waals surface area contributed by atoms with Crippen LogP contribution in [0.15, 0.2) is 18.2 Å². The number of benzene rings is 1. The summed E-state index contributed by atoms with van der Waals surface area (Å²) in [6.07, 6.45) is 0.973. The summed E-state index contributed by atoms with van der Waals surface area (Å²) in [6, 6.07) is 2.40. The van der Waals surface area contributed by atoms with E-state index in [2.05, 4.69) is 10.6 Å². The van der Waals surface area contributed by atoms with Crippen molar-refractivity contribution in [2.45, 2.75) is 32.7 Å². The fourth-order valence-electron chi connectivity index (χ4n) is 1.59. The van der Waals surface area contributed by atoms with Gasteiger partial charge < -0.3 is 15.7 Å². The number of rotatable bonds is 5. The van der Waals surface area contributed by atoms with Gasteiger partial charge >= 0.3 is 12.0 Å². The molecule has 5 nitrogen and oxygen atoms in total. The van der Waals surface area contributed by atoms with Crippen LogP contribution in [0.4, 0.5) is 14.9 Å². The maximum absolute atomic E-state index is 13.0. The first-order chi connectivity index (χ1) is 8.93. The molecular formula is C13H17FN2O3. The Bertz CT molecular complexity index is 477. The maximum atomic E-state index is 13.0. The number of urea groups is 1. The summed E-state index contributed by atoms with van der Waals surface area (Å²) < 4.78 is 13.0. The van der Waals surface area contributed by atoms with Crippen molar-refractivity contribution in [3.05, 3.63) is 29.6 Å². The molecular weight excluding hydrogens is 251 g/mol. The summed E-state index contributed by atoms with van der Waals surface area (Å²) in [5.41, 5.74) is 1.01. The molecule has 104 valence electrons. The van der Waals surface area contributed by atoms with Gasteiger partial charge in [-0.15, -0.1) is 0 Å². The molecule has 0 aliphatic heterocycles. The summed E-state index contributed by atoms with van der Waals surface area (Å²) in [6.45, 7) is 3.54. The third-order valence-electron chi connectivity index (χ3n) is 2.63. The van der Waals surface area contributed by atoms with Gasteiger partial charge in [0.1, 0.15) is 11.9 Å². The van der Waals surface area contributed by atoms with E-state index in [1.807, 2.05) is 6.92 Å². The maximum Gasteiger partial charge on any atom is 0.326 e. The van der Waals surface area contributed by atoms with Crippen molar-refractivity contribution in [1.82, 2.24) is 5.32 Å². The highest BCUT2D eigenvalue weighted by atomic mass is 19.1. The molecule has 0 saturated carbocycles. The summed E-state index contributed by atoms with van der Waals surface area (Å²) in [5, 5.41) is 13.7. The van der Waals surface area contributed by atoms with Crippen molar-refractivity contribution in [3.8, 4) is 0 Å². The molecule has 3 N–H and O–H groups in total. The lowest BCUT2D eigenvalue weighted by molar-refractivity contribution is -0.139. The van der Waals surface area contributed by atoms with Crippen molar-refractivity contribution in [2.75, 3.05) is 5.32 Å². The number of carbonyl (C=O) groups is 2. The van der Waals surface area contributed by atoms with Gasteiger partial charge in [-0.3, -0.25) is 0 Å². The van der Waals surface area contributed by atoms with Crippen LogP contribution < -0.4 is 10.6 Å². The minimum Gasteiger partial charge on any atom is -0.480 e. The molecule has 0 radical (unpaired) electrons. The largest absolute Gasteiger partial charge is 0.480 e. The van der Waals surface area contributed by atoms with Gasteiger partial charge in [-0.2, -0.15) is 0 Å². The third-order valence-corrected chi connectivity index (χ3v) is 2.63. The standard InChI is InChI=1S/C13H17FN2O3/c1-3-4-10(12(17)18)15-13(19)16-11-7-9(14)6-5-8(11)2/h5-7,10H,3-4H2,1-2H3,(H,17,18)(H2,15,16,19)/t10-/m1/s1. The Morgan fingerprint density at radius 2 is 2.11 bits per heavy atom. The number of aryl methyl sites for hydroxylation is 1. The predicted molar refractivity (Wildman–Crippen MR) is 69.6 cm³/mol. The Hall–Kier alpha value is -2.11. The van der Waals surface area contributed by atoms with Crippen LogP contribution in [-0.4, -0.2) is 23.1 Å². The first kappa shape index (κ1) is 14.9. The Balaban J connectivity index is 2.68. The van der Waals surface area contributed by atoms with Gasteiger partial charge in [-0.25, -0.2) is 14.0 Å². The Labute approximate surface area is 110 Å². The van der Waals surface area contributed by atoms with E-state index in [1.54, 1.807) is 6.92 Å². The smallest absolute Gasteiger partial charge is 0.326 e. The van der Waals surface area contributed by atoms with E-state index in [1.165, 1.54) is 18.2 Å². The Kier molecular flexibility index (Phi) is 5.29. The molecule has 1 aromatic carbocycles. The SMILES string of the molecule is CCC[C@@H](NC(=O)Nc1cc(F)ccc1C)C(=O)O. The van der Waals surface area contributed by atoms with E-state index in [4.69, 9.17) is 5.11 Å². The van der Waals surface area contributed by atoms with Crippen LogP contribution in [-0.2, 0) is 4.79 Å². The molecule has 1 atom stereocenters. The lowest BCUT2D eigenvalue weighted by Gasteiger charge is -2.15. The number of anilines is 1. The number of carboxylic acid groups (broad SMARTS) is 1. The second-order valence-electron chi connectivity index (χ2n) is 4.24. The van der Waals surface area contributed by atoms with E-state index in [0.29, 0.717) is 24.1 Å². The van der Waals surface area contributed by atoms with Crippen LogP contribution in [0.25, 0.3) is 0 Å². The monoisotopic (exact) mass is 268 g/mol. The number of nitrogens with one attached hydrogen (secondary N) is 2. The highest BCUT2D eigenvalue weighted by Gasteiger charge is 2.18. The average molecular weight is 268 g/mol. The number of hydrogen-bond acceptors (Lipinski definition) is 2. The summed E-state index contributed by atoms with van der Waals surface area (Å²) in [7, 11) is 0. The van der Waals surface area contributed by atoms with Crippen LogP contribution in [0.2, 0.25) is 0 Å². The first-order valence-electron chi connectivity index (χ1n) is 6.00. The third kappa shape index (κ3) is 4.57. The molecule has 2 amide bonds. The van der Waals surface area contributed by atoms with Crippen LogP contribution in [0, 0.1) is 12.7 Å². The van der Waals surface area contributed by atoms with Gasteiger partial charge in [-0.1, -0.05) is 19.4 Å². The molecule has 19 heavy (non-hydrogen) atoms. The quantitative estimate of drug-likeness (QED) is 0.767. The molecule has 0 unspecified atom stereocenters. The van der Waals surface area contributed by atoms with Gasteiger partial charge in [0.25, 0.3) is 0 Å². The van der Waals surface area contributed by atoms with Gasteiger partial charge in [0.15, 0.2) is 0 Å². The lowest BCUT2D eigenvalue weighted by Crippen LogP contribution is -2.43.